The summed E-state index contributed by atoms with van der Waals surface area (Å²) in [6.07, 6.45) is 4.27. The van der Waals surface area contributed by atoms with E-state index >= 15 is 0 Å². The maximum absolute atomic E-state index is 11.6. The van der Waals surface area contributed by atoms with Crippen LogP contribution < -0.4 is 0 Å². The van der Waals surface area contributed by atoms with Crippen LogP contribution in [0.3, 0.4) is 0 Å². The molecule has 2 aromatic heterocycles. The van der Waals surface area contributed by atoms with E-state index in [9.17, 15) is 4.79 Å². The van der Waals surface area contributed by atoms with Gasteiger partial charge in [0.15, 0.2) is 0 Å². The van der Waals surface area contributed by atoms with Crippen LogP contribution in [0, 0.1) is 6.92 Å². The van der Waals surface area contributed by atoms with Crippen molar-refractivity contribution in [1.82, 2.24) is 4.98 Å². The topological polar surface area (TPSA) is 39.2 Å². The molecule has 0 aliphatic rings. The highest BCUT2D eigenvalue weighted by molar-refractivity contribution is 7.12. The summed E-state index contributed by atoms with van der Waals surface area (Å²) in [6, 6.07) is 3.90. The third-order valence-corrected chi connectivity index (χ3v) is 3.70. The van der Waals surface area contributed by atoms with E-state index in [1.54, 1.807) is 6.20 Å². The number of carbonyl (C=O) groups excluding carboxylic acids is 1. The molecule has 0 fully saturated rings. The summed E-state index contributed by atoms with van der Waals surface area (Å²) in [4.78, 5) is 16.4. The third kappa shape index (κ3) is 2.53. The number of hydrogen-bond donors (Lipinski definition) is 0. The largest absolute Gasteiger partial charge is 0.465 e. The van der Waals surface area contributed by atoms with Crippen molar-refractivity contribution in [3.63, 3.8) is 0 Å². The van der Waals surface area contributed by atoms with Gasteiger partial charge in [-0.3, -0.25) is 4.98 Å². The molecule has 2 heterocycles. The number of carbonyl (C=O) groups is 1. The molecule has 0 aliphatic heterocycles. The fourth-order valence-corrected chi connectivity index (χ4v) is 2.65. The summed E-state index contributed by atoms with van der Waals surface area (Å²) in [6.45, 7) is 2.01. The lowest BCUT2D eigenvalue weighted by Crippen LogP contribution is -2.03. The highest BCUT2D eigenvalue weighted by Crippen LogP contribution is 2.25. The number of aromatic nitrogens is 1. The molecule has 2 rings (SSSR count). The molecule has 4 heteroatoms. The first-order valence-corrected chi connectivity index (χ1v) is 6.14. The van der Waals surface area contributed by atoms with Crippen LogP contribution in [0.15, 0.2) is 29.9 Å². The molecule has 0 unspecified atom stereocenters. The maximum atomic E-state index is 11.6. The van der Waals surface area contributed by atoms with Gasteiger partial charge >= 0.3 is 5.97 Å². The number of methoxy groups -OCH3 is 1. The minimum absolute atomic E-state index is 0.262. The smallest absolute Gasteiger partial charge is 0.348 e. The Morgan fingerprint density at radius 1 is 1.53 bits per heavy atom. The molecule has 0 radical (unpaired) electrons. The number of ether oxygens (including phenoxy) is 1. The molecule has 0 aliphatic carbocycles. The molecule has 88 valence electrons. The second kappa shape index (κ2) is 5.10. The Bertz CT molecular complexity index is 519. The van der Waals surface area contributed by atoms with Gasteiger partial charge in [-0.15, -0.1) is 11.3 Å². The van der Waals surface area contributed by atoms with Crippen LogP contribution in [-0.4, -0.2) is 18.1 Å². The Morgan fingerprint density at radius 3 is 3.00 bits per heavy atom. The minimum atomic E-state index is -0.262. The van der Waals surface area contributed by atoms with Crippen molar-refractivity contribution in [3.05, 3.63) is 51.5 Å². The molecule has 0 aromatic carbocycles. The first-order chi connectivity index (χ1) is 8.22. The zero-order valence-electron chi connectivity index (χ0n) is 9.77. The number of nitrogens with zero attached hydrogens (tertiary/aromatic N) is 1. The highest BCUT2D eigenvalue weighted by Gasteiger charge is 2.16. The lowest BCUT2D eigenvalue weighted by molar-refractivity contribution is 0.0605. The van der Waals surface area contributed by atoms with E-state index < -0.39 is 0 Å². The van der Waals surface area contributed by atoms with Crippen molar-refractivity contribution in [1.29, 1.82) is 0 Å². The van der Waals surface area contributed by atoms with Crippen LogP contribution >= 0.6 is 11.3 Å². The van der Waals surface area contributed by atoms with Crippen molar-refractivity contribution >= 4 is 17.3 Å². The second-order valence-electron chi connectivity index (χ2n) is 3.76. The van der Waals surface area contributed by atoms with Crippen molar-refractivity contribution < 1.29 is 9.53 Å². The Morgan fingerprint density at radius 2 is 2.35 bits per heavy atom. The number of pyridine rings is 1. The number of aryl methyl sites for hydroxylation is 1. The lowest BCUT2D eigenvalue weighted by atomic mass is 10.0. The Labute approximate surface area is 104 Å². The number of rotatable bonds is 3. The predicted octanol–water partition coefficient (Wildman–Crippen LogP) is 2.83. The minimum Gasteiger partial charge on any atom is -0.465 e. The summed E-state index contributed by atoms with van der Waals surface area (Å²) in [7, 11) is 1.41. The average Bonchev–Trinajstić information content (AvgIpc) is 2.72. The number of hydrogen-bond acceptors (Lipinski definition) is 4. The first-order valence-electron chi connectivity index (χ1n) is 5.26. The van der Waals surface area contributed by atoms with E-state index in [1.807, 2.05) is 30.6 Å². The van der Waals surface area contributed by atoms with Gasteiger partial charge in [-0.1, -0.05) is 6.07 Å². The Balaban J connectivity index is 2.32. The standard InChI is InChI=1S/C13H13NO2S/c1-9-8-17-12(13(15)16-2)11(9)6-10-4-3-5-14-7-10/h3-5,7-8H,6H2,1-2H3. The van der Waals surface area contributed by atoms with Gasteiger partial charge in [0, 0.05) is 18.8 Å². The zero-order valence-corrected chi connectivity index (χ0v) is 10.6. The summed E-state index contributed by atoms with van der Waals surface area (Å²) >= 11 is 1.43. The van der Waals surface area contributed by atoms with Crippen molar-refractivity contribution in [3.8, 4) is 0 Å². The van der Waals surface area contributed by atoms with Gasteiger partial charge in [0.2, 0.25) is 0 Å². The van der Waals surface area contributed by atoms with Crippen LogP contribution in [0.25, 0.3) is 0 Å². The van der Waals surface area contributed by atoms with Gasteiger partial charge in [0.1, 0.15) is 4.88 Å². The van der Waals surface area contributed by atoms with E-state index in [-0.39, 0.29) is 5.97 Å². The molecule has 0 amide bonds. The zero-order chi connectivity index (χ0) is 12.3. The normalized spacial score (nSPS) is 10.2. The fraction of sp³-hybridized carbons (Fsp3) is 0.231. The van der Waals surface area contributed by atoms with Crippen molar-refractivity contribution in [2.24, 2.45) is 0 Å². The SMILES string of the molecule is COC(=O)c1scc(C)c1Cc1cccnc1. The van der Waals surface area contributed by atoms with Crippen LogP contribution in [-0.2, 0) is 11.2 Å². The van der Waals surface area contributed by atoms with Gasteiger partial charge in [-0.25, -0.2) is 4.79 Å². The van der Waals surface area contributed by atoms with E-state index in [0.717, 1.165) is 16.7 Å². The molecule has 0 atom stereocenters. The molecule has 0 saturated heterocycles. The van der Waals surface area contributed by atoms with Gasteiger partial charge < -0.3 is 4.74 Å². The summed E-state index contributed by atoms with van der Waals surface area (Å²) < 4.78 is 4.78. The number of thiophene rings is 1. The van der Waals surface area contributed by atoms with Crippen LogP contribution in [0.5, 0.6) is 0 Å². The van der Waals surface area contributed by atoms with Crippen LogP contribution in [0.4, 0.5) is 0 Å². The predicted molar refractivity (Wildman–Crippen MR) is 67.4 cm³/mol. The molecular weight excluding hydrogens is 234 g/mol. The van der Waals surface area contributed by atoms with Crippen molar-refractivity contribution in [2.45, 2.75) is 13.3 Å². The number of esters is 1. The molecule has 2 aromatic rings. The Hall–Kier alpha value is -1.68. The highest BCUT2D eigenvalue weighted by atomic mass is 32.1. The average molecular weight is 247 g/mol. The second-order valence-corrected chi connectivity index (χ2v) is 4.64. The van der Waals surface area contributed by atoms with E-state index in [0.29, 0.717) is 11.3 Å². The Kier molecular flexibility index (Phi) is 3.54. The van der Waals surface area contributed by atoms with Gasteiger partial charge in [-0.2, -0.15) is 0 Å². The molecule has 0 saturated carbocycles. The quantitative estimate of drug-likeness (QED) is 0.783. The molecule has 0 N–H and O–H groups in total. The van der Waals surface area contributed by atoms with Crippen LogP contribution in [0.1, 0.15) is 26.4 Å². The summed E-state index contributed by atoms with van der Waals surface area (Å²) in [5, 5.41) is 1.98. The maximum Gasteiger partial charge on any atom is 0.348 e. The van der Waals surface area contributed by atoms with Gasteiger partial charge in [0.05, 0.1) is 7.11 Å². The van der Waals surface area contributed by atoms with E-state index in [4.69, 9.17) is 4.74 Å². The van der Waals surface area contributed by atoms with Gasteiger partial charge in [0.25, 0.3) is 0 Å². The van der Waals surface area contributed by atoms with E-state index in [1.165, 1.54) is 18.4 Å². The molecule has 0 spiro atoms. The van der Waals surface area contributed by atoms with Gasteiger partial charge in [-0.05, 0) is 35.1 Å². The molecule has 0 bridgehead atoms. The summed E-state index contributed by atoms with van der Waals surface area (Å²) in [5.74, 6) is -0.262. The third-order valence-electron chi connectivity index (χ3n) is 2.58. The molecular formula is C13H13NO2S. The van der Waals surface area contributed by atoms with E-state index in [2.05, 4.69) is 4.98 Å². The monoisotopic (exact) mass is 247 g/mol. The first kappa shape index (κ1) is 11.8. The molecule has 17 heavy (non-hydrogen) atoms. The summed E-state index contributed by atoms with van der Waals surface area (Å²) in [5.41, 5.74) is 3.26. The van der Waals surface area contributed by atoms with Crippen LogP contribution in [0.2, 0.25) is 0 Å². The lowest BCUT2D eigenvalue weighted by Gasteiger charge is -2.04. The van der Waals surface area contributed by atoms with Crippen molar-refractivity contribution in [2.75, 3.05) is 7.11 Å². The molecule has 3 nitrogen and oxygen atoms in total. The fourth-order valence-electron chi connectivity index (χ4n) is 1.66.